The number of aromatic nitrogens is 1. The van der Waals surface area contributed by atoms with E-state index in [9.17, 15) is 13.4 Å². The van der Waals surface area contributed by atoms with Gasteiger partial charge < -0.3 is 9.73 Å². The first-order chi connectivity index (χ1) is 14.4. The quantitative estimate of drug-likeness (QED) is 0.452. The molecule has 3 rings (SSSR count). The van der Waals surface area contributed by atoms with Crippen LogP contribution < -0.4 is 5.32 Å². The lowest BCUT2D eigenvalue weighted by atomic mass is 10.1. The van der Waals surface area contributed by atoms with Crippen molar-refractivity contribution >= 4 is 32.6 Å². The Balaban J connectivity index is 1.49. The van der Waals surface area contributed by atoms with Gasteiger partial charge in [0.15, 0.2) is 0 Å². The average molecular weight is 493 g/mol. The van der Waals surface area contributed by atoms with Gasteiger partial charge in [-0.1, -0.05) is 40.2 Å². The summed E-state index contributed by atoms with van der Waals surface area (Å²) in [5.41, 5.74) is 3.51. The SMILES string of the molecule is Cc1oc(-c2ccc(CBr)cc2)nc1CS(=O)CC(=O)NCCc1ccc(F)cc1. The van der Waals surface area contributed by atoms with E-state index in [2.05, 4.69) is 26.2 Å². The molecule has 1 amide bonds. The first-order valence-electron chi connectivity index (χ1n) is 9.42. The van der Waals surface area contributed by atoms with E-state index in [1.807, 2.05) is 24.3 Å². The van der Waals surface area contributed by atoms with Crippen LogP contribution in [0.4, 0.5) is 4.39 Å². The number of nitrogens with one attached hydrogen (secondary N) is 1. The zero-order chi connectivity index (χ0) is 21.5. The molecular formula is C22H22BrFN2O3S. The van der Waals surface area contributed by atoms with E-state index < -0.39 is 10.8 Å². The van der Waals surface area contributed by atoms with Crippen molar-refractivity contribution < 1.29 is 17.8 Å². The maximum atomic E-state index is 12.9. The molecule has 158 valence electrons. The van der Waals surface area contributed by atoms with Gasteiger partial charge in [-0.05, 0) is 48.7 Å². The van der Waals surface area contributed by atoms with Crippen LogP contribution in [0.3, 0.4) is 0 Å². The van der Waals surface area contributed by atoms with E-state index in [1.54, 1.807) is 19.1 Å². The number of hydrogen-bond donors (Lipinski definition) is 1. The number of nitrogens with zero attached hydrogens (tertiary/aromatic N) is 1. The summed E-state index contributed by atoms with van der Waals surface area (Å²) < 4.78 is 31.0. The molecule has 1 unspecified atom stereocenters. The largest absolute Gasteiger partial charge is 0.441 e. The number of carbonyl (C=O) groups is 1. The normalized spacial score (nSPS) is 12.0. The fourth-order valence-corrected chi connectivity index (χ4v) is 4.26. The maximum Gasteiger partial charge on any atom is 0.232 e. The van der Waals surface area contributed by atoms with Crippen LogP contribution in [0, 0.1) is 12.7 Å². The Morgan fingerprint density at radius 2 is 1.80 bits per heavy atom. The molecule has 5 nitrogen and oxygen atoms in total. The number of oxazole rings is 1. The minimum Gasteiger partial charge on any atom is -0.441 e. The molecule has 8 heteroatoms. The van der Waals surface area contributed by atoms with Gasteiger partial charge in [-0.25, -0.2) is 9.37 Å². The highest BCUT2D eigenvalue weighted by molar-refractivity contribution is 9.08. The number of alkyl halides is 1. The summed E-state index contributed by atoms with van der Waals surface area (Å²) in [5.74, 6) is 0.539. The van der Waals surface area contributed by atoms with Crippen molar-refractivity contribution in [1.82, 2.24) is 10.3 Å². The molecule has 1 heterocycles. The molecule has 0 aliphatic rings. The summed E-state index contributed by atoms with van der Waals surface area (Å²) >= 11 is 3.41. The second-order valence-corrected chi connectivity index (χ2v) is 8.83. The molecule has 0 fully saturated rings. The number of hydrogen-bond acceptors (Lipinski definition) is 4. The second kappa shape index (κ2) is 10.6. The van der Waals surface area contributed by atoms with Crippen molar-refractivity contribution in [2.24, 2.45) is 0 Å². The Morgan fingerprint density at radius 1 is 1.13 bits per heavy atom. The Morgan fingerprint density at radius 3 is 2.47 bits per heavy atom. The topological polar surface area (TPSA) is 72.2 Å². The van der Waals surface area contributed by atoms with Crippen molar-refractivity contribution in [2.45, 2.75) is 24.4 Å². The first-order valence-corrected chi connectivity index (χ1v) is 12.0. The number of carbonyl (C=O) groups excluding carboxylic acids is 1. The molecule has 30 heavy (non-hydrogen) atoms. The van der Waals surface area contributed by atoms with Crippen LogP contribution in [0.15, 0.2) is 52.9 Å². The third kappa shape index (κ3) is 6.34. The fraction of sp³-hybridized carbons (Fsp3) is 0.273. The summed E-state index contributed by atoms with van der Waals surface area (Å²) in [4.78, 5) is 16.5. The highest BCUT2D eigenvalue weighted by Gasteiger charge is 2.16. The van der Waals surface area contributed by atoms with E-state index in [4.69, 9.17) is 4.42 Å². The van der Waals surface area contributed by atoms with Gasteiger partial charge in [0, 0.05) is 28.2 Å². The summed E-state index contributed by atoms with van der Waals surface area (Å²) in [7, 11) is -1.40. The average Bonchev–Trinajstić information content (AvgIpc) is 3.09. The highest BCUT2D eigenvalue weighted by atomic mass is 79.9. The summed E-state index contributed by atoms with van der Waals surface area (Å²) in [6, 6.07) is 14.0. The smallest absolute Gasteiger partial charge is 0.232 e. The molecule has 1 N–H and O–H groups in total. The Hall–Kier alpha value is -2.32. The molecular weight excluding hydrogens is 471 g/mol. The van der Waals surface area contributed by atoms with Gasteiger partial charge in [0.1, 0.15) is 17.3 Å². The van der Waals surface area contributed by atoms with Crippen molar-refractivity contribution in [3.8, 4) is 11.5 Å². The van der Waals surface area contributed by atoms with Crippen LogP contribution in [0.1, 0.15) is 22.6 Å². The molecule has 0 saturated heterocycles. The molecule has 0 aliphatic heterocycles. The van der Waals surface area contributed by atoms with Crippen LogP contribution >= 0.6 is 15.9 Å². The molecule has 2 aromatic carbocycles. The number of aryl methyl sites for hydroxylation is 1. The van der Waals surface area contributed by atoms with Gasteiger partial charge in [0.2, 0.25) is 11.8 Å². The van der Waals surface area contributed by atoms with Gasteiger partial charge in [-0.3, -0.25) is 9.00 Å². The van der Waals surface area contributed by atoms with Crippen LogP contribution in [0.5, 0.6) is 0 Å². The lowest BCUT2D eigenvalue weighted by molar-refractivity contribution is -0.118. The van der Waals surface area contributed by atoms with Crippen LogP contribution in [0.2, 0.25) is 0 Å². The van der Waals surface area contributed by atoms with Crippen molar-refractivity contribution in [1.29, 1.82) is 0 Å². The predicted molar refractivity (Wildman–Crippen MR) is 119 cm³/mol. The van der Waals surface area contributed by atoms with Crippen molar-refractivity contribution in [3.63, 3.8) is 0 Å². The first kappa shape index (κ1) is 22.4. The van der Waals surface area contributed by atoms with Gasteiger partial charge in [0.05, 0.1) is 11.4 Å². The van der Waals surface area contributed by atoms with E-state index in [-0.39, 0.29) is 23.2 Å². The number of amides is 1. The van der Waals surface area contributed by atoms with Crippen LogP contribution in [-0.2, 0) is 33.1 Å². The minimum atomic E-state index is -1.40. The Bertz CT molecular complexity index is 1020. The standard InChI is InChI=1S/C22H22BrFN2O3S/c1-15-20(26-22(29-15)18-6-2-17(12-23)3-7-18)13-30(28)14-21(27)25-11-10-16-4-8-19(24)9-5-16/h2-9H,10-14H2,1H3,(H,25,27). The zero-order valence-corrected chi connectivity index (χ0v) is 18.9. The highest BCUT2D eigenvalue weighted by Crippen LogP contribution is 2.23. The fourth-order valence-electron chi connectivity index (χ4n) is 2.82. The van der Waals surface area contributed by atoms with Gasteiger partial charge in [-0.15, -0.1) is 0 Å². The van der Waals surface area contributed by atoms with Gasteiger partial charge in [0.25, 0.3) is 0 Å². The molecule has 0 bridgehead atoms. The van der Waals surface area contributed by atoms with E-state index in [1.165, 1.54) is 12.1 Å². The summed E-state index contributed by atoms with van der Waals surface area (Å²) in [6.07, 6.45) is 0.582. The minimum absolute atomic E-state index is 0.106. The van der Waals surface area contributed by atoms with Crippen LogP contribution in [-0.4, -0.2) is 27.4 Å². The Kier molecular flexibility index (Phi) is 7.93. The lowest BCUT2D eigenvalue weighted by Crippen LogP contribution is -2.30. The maximum absolute atomic E-state index is 12.9. The van der Waals surface area contributed by atoms with Crippen molar-refractivity contribution in [2.75, 3.05) is 12.3 Å². The summed E-state index contributed by atoms with van der Waals surface area (Å²) in [5, 5.41) is 3.52. The monoisotopic (exact) mass is 492 g/mol. The molecule has 0 spiro atoms. The summed E-state index contributed by atoms with van der Waals surface area (Å²) in [6.45, 7) is 2.18. The Labute approximate surface area is 185 Å². The van der Waals surface area contributed by atoms with Gasteiger partial charge >= 0.3 is 0 Å². The lowest BCUT2D eigenvalue weighted by Gasteiger charge is -2.05. The molecule has 3 aromatic rings. The van der Waals surface area contributed by atoms with E-state index in [0.29, 0.717) is 30.3 Å². The van der Waals surface area contributed by atoms with Gasteiger partial charge in [-0.2, -0.15) is 0 Å². The molecule has 0 aliphatic carbocycles. The number of rotatable bonds is 9. The number of benzene rings is 2. The molecule has 0 radical (unpaired) electrons. The van der Waals surface area contributed by atoms with Crippen LogP contribution in [0.25, 0.3) is 11.5 Å². The third-order valence-corrected chi connectivity index (χ3v) is 6.31. The predicted octanol–water partition coefficient (Wildman–Crippen LogP) is 4.29. The molecule has 1 aromatic heterocycles. The molecule has 1 atom stereocenters. The third-order valence-electron chi connectivity index (χ3n) is 4.49. The van der Waals surface area contributed by atoms with E-state index >= 15 is 0 Å². The zero-order valence-electron chi connectivity index (χ0n) is 16.5. The van der Waals surface area contributed by atoms with Crippen molar-refractivity contribution in [3.05, 3.63) is 76.9 Å². The number of halogens is 2. The molecule has 0 saturated carbocycles. The van der Waals surface area contributed by atoms with E-state index in [0.717, 1.165) is 22.0 Å². The second-order valence-electron chi connectivity index (χ2n) is 6.81.